The molecule has 3 aliphatic rings. The topological polar surface area (TPSA) is 32.3 Å². The number of rotatable bonds is 5. The summed E-state index contributed by atoms with van der Waals surface area (Å²) in [7, 11) is 0. The molecule has 4 rings (SSSR count). The molecule has 29 heavy (non-hydrogen) atoms. The van der Waals surface area contributed by atoms with E-state index in [4.69, 9.17) is 0 Å². The van der Waals surface area contributed by atoms with E-state index in [0.29, 0.717) is 0 Å². The van der Waals surface area contributed by atoms with Crippen LogP contribution in [0.4, 0.5) is 13.2 Å². The quantitative estimate of drug-likeness (QED) is 0.714. The minimum absolute atomic E-state index is 0.0414. The van der Waals surface area contributed by atoms with Crippen LogP contribution in [0.2, 0.25) is 0 Å². The van der Waals surface area contributed by atoms with Crippen molar-refractivity contribution >= 4 is 5.91 Å². The van der Waals surface area contributed by atoms with E-state index in [-0.39, 0.29) is 29.3 Å². The zero-order valence-corrected chi connectivity index (χ0v) is 16.7. The number of halogens is 3. The maximum absolute atomic E-state index is 13.1. The Morgan fingerprint density at radius 3 is 2.62 bits per heavy atom. The van der Waals surface area contributed by atoms with E-state index >= 15 is 0 Å². The Bertz CT molecular complexity index is 766. The molecule has 1 saturated heterocycles. The normalized spacial score (nSPS) is 26.4. The first-order valence-corrected chi connectivity index (χ1v) is 10.7. The number of benzene rings is 1. The molecule has 0 unspecified atom stereocenters. The van der Waals surface area contributed by atoms with Crippen molar-refractivity contribution in [3.63, 3.8) is 0 Å². The van der Waals surface area contributed by atoms with Gasteiger partial charge in [0.1, 0.15) is 0 Å². The standard InChI is InChI=1S/C23H29F3N2O/c24-23(25,26)19-9-5-4-8-18(19)15-27-21(29)20-14-22(20)10-12-28(13-11-22)16-17-6-2-1-3-7-17/h1-2,4-5,8-9,17,20H,3,6-7,10-16H2,(H,27,29)/t17-,20-/m1/s1. The van der Waals surface area contributed by atoms with E-state index in [1.54, 1.807) is 6.07 Å². The van der Waals surface area contributed by atoms with Crippen molar-refractivity contribution in [2.24, 2.45) is 17.3 Å². The number of hydrogen-bond donors (Lipinski definition) is 1. The lowest BCUT2D eigenvalue weighted by Gasteiger charge is -2.35. The van der Waals surface area contributed by atoms with Gasteiger partial charge in [0.05, 0.1) is 5.56 Å². The average molecular weight is 406 g/mol. The number of likely N-dealkylation sites (tertiary alicyclic amines) is 1. The Morgan fingerprint density at radius 1 is 1.17 bits per heavy atom. The van der Waals surface area contributed by atoms with Gasteiger partial charge in [0, 0.05) is 19.0 Å². The summed E-state index contributed by atoms with van der Waals surface area (Å²) in [5.74, 6) is 0.620. The van der Waals surface area contributed by atoms with E-state index in [0.717, 1.165) is 50.9 Å². The fourth-order valence-electron chi connectivity index (χ4n) is 5.10. The molecule has 1 aromatic carbocycles. The molecule has 0 radical (unpaired) electrons. The molecular formula is C23H29F3N2O. The van der Waals surface area contributed by atoms with Gasteiger partial charge in [-0.2, -0.15) is 13.2 Å². The van der Waals surface area contributed by atoms with Crippen molar-refractivity contribution in [3.8, 4) is 0 Å². The molecule has 2 aliphatic carbocycles. The predicted octanol–water partition coefficient (Wildman–Crippen LogP) is 4.78. The highest BCUT2D eigenvalue weighted by molar-refractivity contribution is 5.82. The fourth-order valence-corrected chi connectivity index (χ4v) is 5.10. The highest BCUT2D eigenvalue weighted by Crippen LogP contribution is 2.59. The molecule has 1 aromatic rings. The van der Waals surface area contributed by atoms with Crippen LogP contribution in [0.15, 0.2) is 36.4 Å². The minimum Gasteiger partial charge on any atom is -0.352 e. The minimum atomic E-state index is -4.40. The van der Waals surface area contributed by atoms with Crippen LogP contribution in [-0.4, -0.2) is 30.4 Å². The maximum Gasteiger partial charge on any atom is 0.416 e. The van der Waals surface area contributed by atoms with Crippen LogP contribution < -0.4 is 5.32 Å². The zero-order valence-electron chi connectivity index (χ0n) is 16.7. The van der Waals surface area contributed by atoms with Gasteiger partial charge in [-0.15, -0.1) is 0 Å². The highest BCUT2D eigenvalue weighted by Gasteiger charge is 2.58. The summed E-state index contributed by atoms with van der Waals surface area (Å²) < 4.78 is 39.3. The second kappa shape index (κ2) is 8.13. The van der Waals surface area contributed by atoms with Gasteiger partial charge in [0.15, 0.2) is 0 Å². The van der Waals surface area contributed by atoms with Gasteiger partial charge >= 0.3 is 6.18 Å². The summed E-state index contributed by atoms with van der Waals surface area (Å²) in [4.78, 5) is 15.1. The van der Waals surface area contributed by atoms with Crippen LogP contribution in [0, 0.1) is 17.3 Å². The molecule has 1 N–H and O–H groups in total. The summed E-state index contributed by atoms with van der Waals surface area (Å²) in [5, 5.41) is 2.76. The molecule has 158 valence electrons. The van der Waals surface area contributed by atoms with Crippen LogP contribution in [0.5, 0.6) is 0 Å². The second-order valence-electron chi connectivity index (χ2n) is 8.94. The number of amides is 1. The number of carbonyl (C=O) groups excluding carboxylic acids is 1. The largest absolute Gasteiger partial charge is 0.416 e. The number of nitrogens with zero attached hydrogens (tertiary/aromatic N) is 1. The van der Waals surface area contributed by atoms with Crippen molar-refractivity contribution in [3.05, 3.63) is 47.5 Å². The molecule has 3 nitrogen and oxygen atoms in total. The predicted molar refractivity (Wildman–Crippen MR) is 106 cm³/mol. The lowest BCUT2D eigenvalue weighted by Crippen LogP contribution is -2.39. The van der Waals surface area contributed by atoms with Crippen LogP contribution in [0.3, 0.4) is 0 Å². The summed E-state index contributed by atoms with van der Waals surface area (Å²) in [6.07, 6.45) is 6.69. The van der Waals surface area contributed by atoms with Crippen LogP contribution in [0.1, 0.15) is 49.7 Å². The summed E-state index contributed by atoms with van der Waals surface area (Å²) in [6, 6.07) is 5.46. The molecule has 2 fully saturated rings. The highest BCUT2D eigenvalue weighted by atomic mass is 19.4. The van der Waals surface area contributed by atoms with Crippen LogP contribution in [0.25, 0.3) is 0 Å². The van der Waals surface area contributed by atoms with E-state index in [9.17, 15) is 18.0 Å². The summed E-state index contributed by atoms with van der Waals surface area (Å²) in [5.41, 5.74) is -0.465. The lowest BCUT2D eigenvalue weighted by molar-refractivity contribution is -0.138. The van der Waals surface area contributed by atoms with Gasteiger partial charge in [-0.3, -0.25) is 4.79 Å². The molecular weight excluding hydrogens is 377 g/mol. The van der Waals surface area contributed by atoms with Crippen LogP contribution >= 0.6 is 0 Å². The van der Waals surface area contributed by atoms with Crippen molar-refractivity contribution in [2.75, 3.05) is 19.6 Å². The molecule has 1 aliphatic heterocycles. The summed E-state index contributed by atoms with van der Waals surface area (Å²) in [6.45, 7) is 3.13. The first-order chi connectivity index (χ1) is 13.9. The Morgan fingerprint density at radius 2 is 1.93 bits per heavy atom. The molecule has 2 atom stereocenters. The summed E-state index contributed by atoms with van der Waals surface area (Å²) >= 11 is 0. The molecule has 0 aromatic heterocycles. The molecule has 1 amide bonds. The average Bonchev–Trinajstić information content (AvgIpc) is 3.42. The van der Waals surface area contributed by atoms with Gasteiger partial charge in [0.2, 0.25) is 5.91 Å². The Kier molecular flexibility index (Phi) is 5.74. The van der Waals surface area contributed by atoms with Crippen molar-refractivity contribution in [2.45, 2.75) is 51.2 Å². The van der Waals surface area contributed by atoms with Crippen molar-refractivity contribution in [1.29, 1.82) is 0 Å². The maximum atomic E-state index is 13.1. The Balaban J connectivity index is 1.26. The second-order valence-corrected chi connectivity index (χ2v) is 8.94. The Hall–Kier alpha value is -1.82. The SMILES string of the molecule is O=C(NCc1ccccc1C(F)(F)F)[C@H]1CC12CCN(C[C@@H]1CC=CCC1)CC2. The van der Waals surface area contributed by atoms with Gasteiger partial charge in [-0.25, -0.2) is 0 Å². The van der Waals surface area contributed by atoms with Gasteiger partial charge in [-0.1, -0.05) is 30.4 Å². The number of hydrogen-bond acceptors (Lipinski definition) is 2. The monoisotopic (exact) mass is 406 g/mol. The van der Waals surface area contributed by atoms with Crippen molar-refractivity contribution < 1.29 is 18.0 Å². The first kappa shape index (κ1) is 20.5. The van der Waals surface area contributed by atoms with Gasteiger partial charge in [-0.05, 0) is 74.6 Å². The number of carbonyl (C=O) groups is 1. The first-order valence-electron chi connectivity index (χ1n) is 10.7. The molecule has 6 heteroatoms. The van der Waals surface area contributed by atoms with E-state index < -0.39 is 11.7 Å². The molecule has 1 saturated carbocycles. The lowest BCUT2D eigenvalue weighted by atomic mass is 9.88. The third-order valence-electron chi connectivity index (χ3n) is 7.03. The van der Waals surface area contributed by atoms with Gasteiger partial charge < -0.3 is 10.2 Å². The number of piperidine rings is 1. The third-order valence-corrected chi connectivity index (χ3v) is 7.03. The molecule has 1 spiro atoms. The van der Waals surface area contributed by atoms with Gasteiger partial charge in [0.25, 0.3) is 0 Å². The van der Waals surface area contributed by atoms with Crippen molar-refractivity contribution in [1.82, 2.24) is 10.2 Å². The van der Waals surface area contributed by atoms with E-state index in [1.165, 1.54) is 31.4 Å². The van der Waals surface area contributed by atoms with Crippen LogP contribution in [-0.2, 0) is 17.5 Å². The smallest absolute Gasteiger partial charge is 0.352 e. The zero-order chi connectivity index (χ0) is 20.5. The molecule has 1 heterocycles. The number of alkyl halides is 3. The fraction of sp³-hybridized carbons (Fsp3) is 0.609. The Labute approximate surface area is 170 Å². The third kappa shape index (κ3) is 4.68. The molecule has 0 bridgehead atoms. The number of allylic oxidation sites excluding steroid dienone is 2. The van der Waals surface area contributed by atoms with E-state index in [1.807, 2.05) is 0 Å². The van der Waals surface area contributed by atoms with E-state index in [2.05, 4.69) is 22.4 Å². The number of nitrogens with one attached hydrogen (secondary N) is 1.